The summed E-state index contributed by atoms with van der Waals surface area (Å²) in [5, 5.41) is 9.03. The molecule has 1 aromatic carbocycles. The van der Waals surface area contributed by atoms with E-state index in [0.717, 1.165) is 11.9 Å². The van der Waals surface area contributed by atoms with Crippen molar-refractivity contribution in [2.24, 2.45) is 5.41 Å². The van der Waals surface area contributed by atoms with E-state index >= 15 is 0 Å². The number of aliphatic hydroxyl groups is 1. The quantitative estimate of drug-likeness (QED) is 0.792. The smallest absolute Gasteiger partial charge is 0.327 e. The van der Waals surface area contributed by atoms with E-state index in [9.17, 15) is 0 Å². The van der Waals surface area contributed by atoms with Gasteiger partial charge in [0.2, 0.25) is 0 Å². The van der Waals surface area contributed by atoms with Crippen molar-refractivity contribution in [1.82, 2.24) is 0 Å². The molecule has 1 aliphatic rings. The van der Waals surface area contributed by atoms with Gasteiger partial charge >= 0.3 is 6.92 Å². The van der Waals surface area contributed by atoms with Crippen LogP contribution in [0.3, 0.4) is 0 Å². The molecule has 0 aromatic heterocycles. The number of hydrogen-bond acceptors (Lipinski definition) is 2. The van der Waals surface area contributed by atoms with E-state index < -0.39 is 0 Å². The van der Waals surface area contributed by atoms with E-state index in [1.54, 1.807) is 0 Å². The zero-order valence-electron chi connectivity index (χ0n) is 11.2. The summed E-state index contributed by atoms with van der Waals surface area (Å²) < 4.78 is 6.16. The maximum absolute atomic E-state index is 9.03. The Morgan fingerprint density at radius 1 is 1.18 bits per heavy atom. The highest BCUT2D eigenvalue weighted by atomic mass is 16.5. The van der Waals surface area contributed by atoms with Gasteiger partial charge in [0.1, 0.15) is 0 Å². The zero-order chi connectivity index (χ0) is 12.7. The van der Waals surface area contributed by atoms with Gasteiger partial charge in [0.25, 0.3) is 0 Å². The molecule has 0 radical (unpaired) electrons. The summed E-state index contributed by atoms with van der Waals surface area (Å²) >= 11 is 0. The molecular weight excluding hydrogens is 211 g/mol. The molecule has 17 heavy (non-hydrogen) atoms. The van der Waals surface area contributed by atoms with Crippen LogP contribution in [0.25, 0.3) is 0 Å². The van der Waals surface area contributed by atoms with Gasteiger partial charge in [0.15, 0.2) is 0 Å². The van der Waals surface area contributed by atoms with Crippen LogP contribution in [0.4, 0.5) is 0 Å². The molecule has 2 nitrogen and oxygen atoms in total. The molecule has 0 saturated carbocycles. The van der Waals surface area contributed by atoms with Crippen molar-refractivity contribution in [3.8, 4) is 0 Å². The van der Waals surface area contributed by atoms with Crippen molar-refractivity contribution in [1.29, 1.82) is 0 Å². The minimum absolute atomic E-state index is 0.0900. The highest BCUT2D eigenvalue weighted by Crippen LogP contribution is 2.44. The van der Waals surface area contributed by atoms with Gasteiger partial charge in [0, 0.05) is 0 Å². The number of hydrogen-bond donors (Lipinski definition) is 1. The number of aliphatic hydroxyl groups excluding tert-OH is 1. The monoisotopic (exact) mass is 232 g/mol. The standard InChI is InChI=1S/C14H21BO2/c1-13(2)10-15(17-14(13,3)4)12-7-5-11(9-16)6-8-12/h5-8,16H,9-10H2,1-4H3. The lowest BCUT2D eigenvalue weighted by molar-refractivity contribution is 0.0375. The summed E-state index contributed by atoms with van der Waals surface area (Å²) in [6.07, 6.45) is 1.04. The minimum atomic E-state index is -0.0900. The summed E-state index contributed by atoms with van der Waals surface area (Å²) in [6.45, 7) is 9.12. The average molecular weight is 232 g/mol. The first-order valence-electron chi connectivity index (χ1n) is 6.23. The second-order valence-corrected chi connectivity index (χ2v) is 6.10. The molecular formula is C14H21BO2. The second kappa shape index (κ2) is 4.15. The molecule has 1 N–H and O–H groups in total. The Kier molecular flexibility index (Phi) is 3.09. The molecule has 1 heterocycles. The maximum Gasteiger partial charge on any atom is 0.327 e. The molecule has 0 unspecified atom stereocenters. The second-order valence-electron chi connectivity index (χ2n) is 6.10. The SMILES string of the molecule is CC1(C)CB(c2ccc(CO)cc2)OC1(C)C. The van der Waals surface area contributed by atoms with Crippen molar-refractivity contribution in [2.45, 2.75) is 46.2 Å². The normalized spacial score (nSPS) is 21.8. The van der Waals surface area contributed by atoms with Gasteiger partial charge in [-0.05, 0) is 36.6 Å². The van der Waals surface area contributed by atoms with Crippen LogP contribution in [-0.4, -0.2) is 17.6 Å². The minimum Gasteiger partial charge on any atom is -0.426 e. The molecule has 2 rings (SSSR count). The lowest BCUT2D eigenvalue weighted by Gasteiger charge is -2.34. The van der Waals surface area contributed by atoms with Crippen LogP contribution in [0, 0.1) is 5.41 Å². The van der Waals surface area contributed by atoms with Gasteiger partial charge in [-0.25, -0.2) is 0 Å². The topological polar surface area (TPSA) is 29.5 Å². The Bertz CT molecular complexity index is 379. The largest absolute Gasteiger partial charge is 0.426 e. The molecule has 0 bridgehead atoms. The highest BCUT2D eigenvalue weighted by molar-refractivity contribution is 6.68. The van der Waals surface area contributed by atoms with E-state index in [1.807, 2.05) is 12.1 Å². The van der Waals surface area contributed by atoms with Gasteiger partial charge in [-0.15, -0.1) is 0 Å². The van der Waals surface area contributed by atoms with Gasteiger partial charge in [-0.1, -0.05) is 38.1 Å². The molecule has 1 fully saturated rings. The van der Waals surface area contributed by atoms with Crippen LogP contribution in [0.5, 0.6) is 0 Å². The molecule has 1 saturated heterocycles. The van der Waals surface area contributed by atoms with Gasteiger partial charge < -0.3 is 9.76 Å². The Balaban J connectivity index is 2.20. The highest BCUT2D eigenvalue weighted by Gasteiger charge is 2.49. The van der Waals surface area contributed by atoms with Gasteiger partial charge in [-0.3, -0.25) is 0 Å². The Morgan fingerprint density at radius 2 is 1.76 bits per heavy atom. The zero-order valence-corrected chi connectivity index (χ0v) is 11.2. The van der Waals surface area contributed by atoms with Gasteiger partial charge in [0.05, 0.1) is 12.2 Å². The summed E-state index contributed by atoms with van der Waals surface area (Å²) in [5.74, 6) is 0. The summed E-state index contributed by atoms with van der Waals surface area (Å²) in [6, 6.07) is 8.06. The van der Waals surface area contributed by atoms with E-state index in [-0.39, 0.29) is 24.5 Å². The molecule has 0 atom stereocenters. The molecule has 0 spiro atoms. The molecule has 3 heteroatoms. The molecule has 92 valence electrons. The molecule has 1 aliphatic heterocycles. The van der Waals surface area contributed by atoms with Crippen LogP contribution >= 0.6 is 0 Å². The fraction of sp³-hybridized carbons (Fsp3) is 0.571. The van der Waals surface area contributed by atoms with Crippen molar-refractivity contribution in [2.75, 3.05) is 0 Å². The van der Waals surface area contributed by atoms with Crippen LogP contribution in [0.15, 0.2) is 24.3 Å². The predicted octanol–water partition coefficient (Wildman–Crippen LogP) is 2.21. The number of benzene rings is 1. The first-order chi connectivity index (χ1) is 7.86. The first kappa shape index (κ1) is 12.7. The predicted molar refractivity (Wildman–Crippen MR) is 71.5 cm³/mol. The third-order valence-corrected chi connectivity index (χ3v) is 4.30. The summed E-state index contributed by atoms with van der Waals surface area (Å²) in [4.78, 5) is 0. The summed E-state index contributed by atoms with van der Waals surface area (Å²) in [5.41, 5.74) is 2.26. The Morgan fingerprint density at radius 3 is 2.18 bits per heavy atom. The van der Waals surface area contributed by atoms with Crippen molar-refractivity contribution >= 4 is 12.4 Å². The third-order valence-electron chi connectivity index (χ3n) is 4.30. The third kappa shape index (κ3) is 2.27. The van der Waals surface area contributed by atoms with Crippen LogP contribution in [0.1, 0.15) is 33.3 Å². The average Bonchev–Trinajstić information content (AvgIpc) is 2.48. The van der Waals surface area contributed by atoms with E-state index in [0.29, 0.717) is 0 Å². The van der Waals surface area contributed by atoms with Crippen molar-refractivity contribution < 1.29 is 9.76 Å². The fourth-order valence-corrected chi connectivity index (χ4v) is 2.29. The first-order valence-corrected chi connectivity index (χ1v) is 6.23. The molecule has 1 aromatic rings. The van der Waals surface area contributed by atoms with Crippen molar-refractivity contribution in [3.05, 3.63) is 29.8 Å². The van der Waals surface area contributed by atoms with Gasteiger partial charge in [-0.2, -0.15) is 0 Å². The molecule has 0 aliphatic carbocycles. The van der Waals surface area contributed by atoms with Crippen LogP contribution < -0.4 is 5.46 Å². The van der Waals surface area contributed by atoms with Crippen LogP contribution in [0.2, 0.25) is 6.32 Å². The number of rotatable bonds is 2. The van der Waals surface area contributed by atoms with Crippen molar-refractivity contribution in [3.63, 3.8) is 0 Å². The fourth-order valence-electron chi connectivity index (χ4n) is 2.29. The Hall–Kier alpha value is -0.795. The van der Waals surface area contributed by atoms with E-state index in [2.05, 4.69) is 39.8 Å². The summed E-state index contributed by atoms with van der Waals surface area (Å²) in [7, 11) is 0. The maximum atomic E-state index is 9.03. The van der Waals surface area contributed by atoms with E-state index in [4.69, 9.17) is 9.76 Å². The lowest BCUT2D eigenvalue weighted by Crippen LogP contribution is -2.36. The van der Waals surface area contributed by atoms with Crippen LogP contribution in [-0.2, 0) is 11.3 Å². The Labute approximate surface area is 104 Å². The lowest BCUT2D eigenvalue weighted by atomic mass is 9.54. The molecule has 0 amide bonds. The van der Waals surface area contributed by atoms with E-state index in [1.165, 1.54) is 5.46 Å².